The molecule has 1 atom stereocenters. The van der Waals surface area contributed by atoms with Crippen molar-refractivity contribution in [3.8, 4) is 11.1 Å². The summed E-state index contributed by atoms with van der Waals surface area (Å²) in [6.45, 7) is 5.03. The van der Waals surface area contributed by atoms with Gasteiger partial charge in [0, 0.05) is 49.0 Å². The zero-order valence-corrected chi connectivity index (χ0v) is 27.5. The van der Waals surface area contributed by atoms with Crippen LogP contribution in [0.3, 0.4) is 0 Å². The number of anilines is 1. The van der Waals surface area contributed by atoms with E-state index in [1.165, 1.54) is 3.97 Å². The minimum atomic E-state index is -3.99. The first kappa shape index (κ1) is 31.3. The lowest BCUT2D eigenvalue weighted by Crippen LogP contribution is -2.36. The number of aryl methyl sites for hydroxylation is 1. The minimum Gasteiger partial charge on any atom is -0.378 e. The molecule has 1 aliphatic heterocycles. The number of rotatable bonds is 8. The summed E-state index contributed by atoms with van der Waals surface area (Å²) in [5.74, 6) is 0. The molecular weight excluding hydrogens is 633 g/mol. The second kappa shape index (κ2) is 12.6. The summed E-state index contributed by atoms with van der Waals surface area (Å²) >= 11 is 12.5. The first-order chi connectivity index (χ1) is 21.5. The zero-order valence-electron chi connectivity index (χ0n) is 25.2. The number of hydrogen-bond acceptors (Lipinski definition) is 7. The van der Waals surface area contributed by atoms with Crippen molar-refractivity contribution in [1.29, 1.82) is 0 Å². The average molecular weight is 667 g/mol. The topological polar surface area (TPSA) is 89.7 Å². The van der Waals surface area contributed by atoms with Gasteiger partial charge in [-0.15, -0.1) is 0 Å². The Labute approximate surface area is 272 Å². The maximum Gasteiger partial charge on any atom is 0.269 e. The lowest BCUT2D eigenvalue weighted by Gasteiger charge is -2.28. The molecule has 0 amide bonds. The average Bonchev–Trinajstić information content (AvgIpc) is 3.42. The standard InChI is InChI=1S/C33H33Cl2N5O4S/c1-22-4-7-26(8-5-22)45(42,43)40-20-28(27-18-25(19-36-33(27)40)38-12-14-44-15-13-38)23-10-11-39(32(41)17-23)31(21-37(2)3)24-6-9-29(34)30(35)16-24/h4-11,16-20,31H,12-15,21H2,1-3H3. The van der Waals surface area contributed by atoms with Crippen molar-refractivity contribution >= 4 is 49.9 Å². The van der Waals surface area contributed by atoms with E-state index in [0.717, 1.165) is 16.8 Å². The summed E-state index contributed by atoms with van der Waals surface area (Å²) in [5, 5.41) is 1.48. The van der Waals surface area contributed by atoms with E-state index in [-0.39, 0.29) is 22.1 Å². The van der Waals surface area contributed by atoms with Gasteiger partial charge in [-0.3, -0.25) is 4.79 Å². The van der Waals surface area contributed by atoms with Crippen LogP contribution in [0.5, 0.6) is 0 Å². The fourth-order valence-corrected chi connectivity index (χ4v) is 7.27. The fraction of sp³-hybridized carbons (Fsp3) is 0.273. The highest BCUT2D eigenvalue weighted by molar-refractivity contribution is 7.90. The molecule has 5 aromatic rings. The maximum atomic E-state index is 13.9. The number of nitrogens with zero attached hydrogens (tertiary/aromatic N) is 5. The second-order valence-electron chi connectivity index (χ2n) is 11.4. The Balaban J connectivity index is 1.50. The number of morpholine rings is 1. The Morgan fingerprint density at radius 3 is 2.38 bits per heavy atom. The van der Waals surface area contributed by atoms with Gasteiger partial charge in [-0.1, -0.05) is 47.0 Å². The molecule has 0 bridgehead atoms. The van der Waals surface area contributed by atoms with E-state index in [2.05, 4.69) is 9.88 Å². The van der Waals surface area contributed by atoms with Crippen LogP contribution in [-0.2, 0) is 14.8 Å². The number of fused-ring (bicyclic) bond motifs is 1. The molecule has 0 saturated carbocycles. The first-order valence-corrected chi connectivity index (χ1v) is 16.7. The van der Waals surface area contributed by atoms with Crippen molar-refractivity contribution in [2.45, 2.75) is 17.9 Å². The third-order valence-electron chi connectivity index (χ3n) is 8.01. The molecule has 6 rings (SSSR count). The van der Waals surface area contributed by atoms with Crippen LogP contribution in [0.4, 0.5) is 5.69 Å². The van der Waals surface area contributed by atoms with Crippen molar-refractivity contribution in [1.82, 2.24) is 18.4 Å². The number of hydrogen-bond donors (Lipinski definition) is 0. The van der Waals surface area contributed by atoms with Crippen molar-refractivity contribution in [3.05, 3.63) is 111 Å². The molecule has 2 aromatic carbocycles. The lowest BCUT2D eigenvalue weighted by molar-refractivity contribution is 0.122. The minimum absolute atomic E-state index is 0.152. The van der Waals surface area contributed by atoms with E-state index in [9.17, 15) is 13.2 Å². The highest BCUT2D eigenvalue weighted by Gasteiger charge is 2.25. The normalized spacial score (nSPS) is 14.8. The van der Waals surface area contributed by atoms with E-state index in [1.807, 2.05) is 44.1 Å². The lowest BCUT2D eigenvalue weighted by atomic mass is 10.0. The zero-order chi connectivity index (χ0) is 31.9. The van der Waals surface area contributed by atoms with E-state index >= 15 is 0 Å². The molecule has 3 aromatic heterocycles. The third kappa shape index (κ3) is 6.25. The molecule has 9 nitrogen and oxygen atoms in total. The van der Waals surface area contributed by atoms with Crippen LogP contribution < -0.4 is 10.5 Å². The summed E-state index contributed by atoms with van der Waals surface area (Å²) in [5.41, 5.74) is 3.86. The smallest absolute Gasteiger partial charge is 0.269 e. The van der Waals surface area contributed by atoms with Gasteiger partial charge in [-0.05, 0) is 68.5 Å². The molecule has 1 unspecified atom stereocenters. The van der Waals surface area contributed by atoms with Gasteiger partial charge in [0.2, 0.25) is 0 Å². The van der Waals surface area contributed by atoms with Crippen LogP contribution in [0.25, 0.3) is 22.2 Å². The van der Waals surface area contributed by atoms with Gasteiger partial charge in [0.25, 0.3) is 15.6 Å². The molecular formula is C33H33Cl2N5O4S. The van der Waals surface area contributed by atoms with Gasteiger partial charge in [-0.25, -0.2) is 17.4 Å². The molecule has 1 saturated heterocycles. The second-order valence-corrected chi connectivity index (χ2v) is 14.1. The van der Waals surface area contributed by atoms with Crippen LogP contribution in [-0.4, -0.2) is 73.8 Å². The van der Waals surface area contributed by atoms with Gasteiger partial charge >= 0.3 is 0 Å². The predicted molar refractivity (Wildman–Crippen MR) is 179 cm³/mol. The van der Waals surface area contributed by atoms with E-state index < -0.39 is 10.0 Å². The monoisotopic (exact) mass is 665 g/mol. The van der Waals surface area contributed by atoms with E-state index in [4.69, 9.17) is 27.9 Å². The number of pyridine rings is 2. The molecule has 1 aliphatic rings. The summed E-state index contributed by atoms with van der Waals surface area (Å²) in [4.78, 5) is 22.8. The number of halogens is 2. The summed E-state index contributed by atoms with van der Waals surface area (Å²) < 4.78 is 36.2. The molecule has 0 aliphatic carbocycles. The SMILES string of the molecule is Cc1ccc(S(=O)(=O)n2cc(-c3ccn(C(CN(C)C)c4ccc(Cl)c(Cl)c4)c(=O)c3)c3cc(N4CCOCC4)cnc32)cc1. The van der Waals surface area contributed by atoms with Crippen LogP contribution in [0, 0.1) is 6.92 Å². The van der Waals surface area contributed by atoms with Crippen LogP contribution in [0.15, 0.2) is 88.9 Å². The van der Waals surface area contributed by atoms with Crippen molar-refractivity contribution in [2.24, 2.45) is 0 Å². The first-order valence-electron chi connectivity index (χ1n) is 14.5. The number of likely N-dealkylation sites (N-methyl/N-ethyl adjacent to an activating group) is 1. The summed E-state index contributed by atoms with van der Waals surface area (Å²) in [7, 11) is -0.114. The van der Waals surface area contributed by atoms with Gasteiger partial charge < -0.3 is 19.1 Å². The maximum absolute atomic E-state index is 13.9. The van der Waals surface area contributed by atoms with Gasteiger partial charge in [-0.2, -0.15) is 0 Å². The molecule has 234 valence electrons. The molecule has 45 heavy (non-hydrogen) atoms. The van der Waals surface area contributed by atoms with Crippen molar-refractivity contribution in [3.63, 3.8) is 0 Å². The molecule has 4 heterocycles. The Bertz CT molecular complexity index is 2040. The van der Waals surface area contributed by atoms with Crippen LogP contribution in [0.1, 0.15) is 17.2 Å². The molecule has 1 fully saturated rings. The van der Waals surface area contributed by atoms with Crippen LogP contribution in [0.2, 0.25) is 10.0 Å². The van der Waals surface area contributed by atoms with Gasteiger partial charge in [0.1, 0.15) is 0 Å². The van der Waals surface area contributed by atoms with Crippen LogP contribution >= 0.6 is 23.2 Å². The van der Waals surface area contributed by atoms with Gasteiger partial charge in [0.05, 0.1) is 46.1 Å². The van der Waals surface area contributed by atoms with Crippen molar-refractivity contribution < 1.29 is 13.2 Å². The highest BCUT2D eigenvalue weighted by Crippen LogP contribution is 2.35. The third-order valence-corrected chi connectivity index (χ3v) is 10.4. The number of aromatic nitrogens is 3. The predicted octanol–water partition coefficient (Wildman–Crippen LogP) is 5.70. The number of ether oxygens (including phenoxy) is 1. The summed E-state index contributed by atoms with van der Waals surface area (Å²) in [6.07, 6.45) is 5.00. The quantitative estimate of drug-likeness (QED) is 0.210. The Kier molecular flexibility index (Phi) is 8.78. The Hall–Kier alpha value is -3.67. The molecule has 0 N–H and O–H groups in total. The number of benzene rings is 2. The Morgan fingerprint density at radius 2 is 1.71 bits per heavy atom. The molecule has 0 radical (unpaired) electrons. The van der Waals surface area contributed by atoms with Crippen molar-refractivity contribution in [2.75, 3.05) is 51.8 Å². The molecule has 0 spiro atoms. The van der Waals surface area contributed by atoms with Gasteiger partial charge in [0.15, 0.2) is 5.65 Å². The largest absolute Gasteiger partial charge is 0.378 e. The highest BCUT2D eigenvalue weighted by atomic mass is 35.5. The van der Waals surface area contributed by atoms with E-state index in [0.29, 0.717) is 59.4 Å². The fourth-order valence-electron chi connectivity index (χ4n) is 5.63. The van der Waals surface area contributed by atoms with E-state index in [1.54, 1.807) is 65.6 Å². The molecule has 12 heteroatoms. The Morgan fingerprint density at radius 1 is 0.978 bits per heavy atom. The summed E-state index contributed by atoms with van der Waals surface area (Å²) in [6, 6.07) is 17.1.